The zero-order chi connectivity index (χ0) is 9.52. The lowest BCUT2D eigenvalue weighted by Crippen LogP contribution is -2.22. The number of ether oxygens (including phenoxy) is 1. The van der Waals surface area contributed by atoms with Gasteiger partial charge >= 0.3 is 0 Å². The molecule has 0 spiro atoms. The molecule has 13 heavy (non-hydrogen) atoms. The van der Waals surface area contributed by atoms with Crippen LogP contribution in [0, 0.1) is 0 Å². The minimum absolute atomic E-state index is 0.489. The van der Waals surface area contributed by atoms with Crippen molar-refractivity contribution in [3.05, 3.63) is 0 Å². The Morgan fingerprint density at radius 3 is 2.54 bits per heavy atom. The van der Waals surface area contributed by atoms with Crippen molar-refractivity contribution >= 4 is 0 Å². The minimum atomic E-state index is 0.489. The third-order valence-electron chi connectivity index (χ3n) is 2.94. The molecule has 0 aromatic rings. The number of hydrogen-bond acceptors (Lipinski definition) is 1. The number of unbranched alkanes of at least 4 members (excludes halogenated alkanes) is 1. The molecule has 1 rings (SSSR count). The molecule has 1 fully saturated rings. The number of rotatable bonds is 5. The molecule has 1 saturated carbocycles. The Morgan fingerprint density at radius 2 is 1.92 bits per heavy atom. The summed E-state index contributed by atoms with van der Waals surface area (Å²) in [6, 6.07) is 0. The smallest absolute Gasteiger partial charge is 0.0578 e. The lowest BCUT2D eigenvalue weighted by molar-refractivity contribution is -0.0249. The van der Waals surface area contributed by atoms with E-state index in [1.54, 1.807) is 0 Å². The van der Waals surface area contributed by atoms with Crippen LogP contribution in [0.15, 0.2) is 0 Å². The molecule has 0 aromatic carbocycles. The van der Waals surface area contributed by atoms with E-state index in [1.807, 2.05) is 0 Å². The molecule has 0 saturated heterocycles. The van der Waals surface area contributed by atoms with Gasteiger partial charge < -0.3 is 4.74 Å². The van der Waals surface area contributed by atoms with Crippen LogP contribution in [0.25, 0.3) is 0 Å². The first-order chi connectivity index (χ1) is 6.33. The van der Waals surface area contributed by atoms with Gasteiger partial charge in [0.25, 0.3) is 0 Å². The van der Waals surface area contributed by atoms with Gasteiger partial charge in [0, 0.05) is 0 Å². The van der Waals surface area contributed by atoms with Crippen LogP contribution >= 0.6 is 0 Å². The van der Waals surface area contributed by atoms with Crippen molar-refractivity contribution in [1.82, 2.24) is 0 Å². The molecule has 0 amide bonds. The van der Waals surface area contributed by atoms with E-state index in [4.69, 9.17) is 4.74 Å². The molecule has 0 aromatic heterocycles. The molecular weight excluding hydrogens is 160 g/mol. The molecule has 0 heterocycles. The molecule has 0 bridgehead atoms. The normalized spacial score (nSPS) is 21.7. The highest BCUT2D eigenvalue weighted by atomic mass is 16.5. The summed E-state index contributed by atoms with van der Waals surface area (Å²) in [6.07, 6.45) is 11.7. The van der Waals surface area contributed by atoms with E-state index in [0.717, 1.165) is 0 Å². The van der Waals surface area contributed by atoms with Gasteiger partial charge in [0.1, 0.15) is 0 Å². The topological polar surface area (TPSA) is 9.23 Å². The highest BCUT2D eigenvalue weighted by Gasteiger charge is 2.15. The zero-order valence-corrected chi connectivity index (χ0v) is 9.22. The van der Waals surface area contributed by atoms with Crippen molar-refractivity contribution in [2.45, 2.75) is 77.4 Å². The maximum atomic E-state index is 5.99. The van der Waals surface area contributed by atoms with Gasteiger partial charge in [0.2, 0.25) is 0 Å². The van der Waals surface area contributed by atoms with Gasteiger partial charge in [-0.3, -0.25) is 0 Å². The average Bonchev–Trinajstić information content (AvgIpc) is 2.16. The van der Waals surface area contributed by atoms with Crippen molar-refractivity contribution in [1.29, 1.82) is 0 Å². The molecule has 1 heteroatoms. The summed E-state index contributed by atoms with van der Waals surface area (Å²) in [5, 5.41) is 0. The summed E-state index contributed by atoms with van der Waals surface area (Å²) in [5.74, 6) is 0. The molecule has 1 unspecified atom stereocenters. The Bertz CT molecular complexity index is 116. The van der Waals surface area contributed by atoms with Crippen molar-refractivity contribution in [3.8, 4) is 0 Å². The first kappa shape index (κ1) is 11.0. The molecule has 1 atom stereocenters. The molecule has 78 valence electrons. The molecule has 0 N–H and O–H groups in total. The SMILES string of the molecule is CCCCC(C)OC1CCCCC1. The highest BCUT2D eigenvalue weighted by Crippen LogP contribution is 2.22. The Labute approximate surface area is 82.9 Å². The summed E-state index contributed by atoms with van der Waals surface area (Å²) in [6.45, 7) is 4.47. The van der Waals surface area contributed by atoms with E-state index in [0.29, 0.717) is 12.2 Å². The number of hydrogen-bond donors (Lipinski definition) is 0. The van der Waals surface area contributed by atoms with Gasteiger partial charge in [-0.1, -0.05) is 39.0 Å². The lowest BCUT2D eigenvalue weighted by Gasteiger charge is -2.25. The Morgan fingerprint density at radius 1 is 1.23 bits per heavy atom. The van der Waals surface area contributed by atoms with Crippen LogP contribution in [-0.4, -0.2) is 12.2 Å². The third kappa shape index (κ3) is 4.66. The standard InChI is InChI=1S/C12H24O/c1-3-4-8-11(2)13-12-9-6-5-7-10-12/h11-12H,3-10H2,1-2H3. The fraction of sp³-hybridized carbons (Fsp3) is 1.00. The van der Waals surface area contributed by atoms with E-state index in [-0.39, 0.29) is 0 Å². The first-order valence-electron chi connectivity index (χ1n) is 5.98. The zero-order valence-electron chi connectivity index (χ0n) is 9.22. The van der Waals surface area contributed by atoms with Crippen LogP contribution in [0.3, 0.4) is 0 Å². The second-order valence-electron chi connectivity index (χ2n) is 4.35. The molecule has 1 nitrogen and oxygen atoms in total. The summed E-state index contributed by atoms with van der Waals surface area (Å²) >= 11 is 0. The van der Waals surface area contributed by atoms with Crippen LogP contribution in [0.5, 0.6) is 0 Å². The van der Waals surface area contributed by atoms with Crippen molar-refractivity contribution < 1.29 is 4.74 Å². The van der Waals surface area contributed by atoms with E-state index in [9.17, 15) is 0 Å². The molecule has 1 aliphatic carbocycles. The summed E-state index contributed by atoms with van der Waals surface area (Å²) in [7, 11) is 0. The van der Waals surface area contributed by atoms with Gasteiger partial charge in [-0.25, -0.2) is 0 Å². The van der Waals surface area contributed by atoms with Crippen molar-refractivity contribution in [2.24, 2.45) is 0 Å². The van der Waals surface area contributed by atoms with Gasteiger partial charge in [0.05, 0.1) is 12.2 Å². The lowest BCUT2D eigenvalue weighted by atomic mass is 9.97. The van der Waals surface area contributed by atoms with Crippen LogP contribution < -0.4 is 0 Å². The average molecular weight is 184 g/mol. The van der Waals surface area contributed by atoms with E-state index in [2.05, 4.69) is 13.8 Å². The molecular formula is C12H24O. The van der Waals surface area contributed by atoms with Gasteiger partial charge in [-0.2, -0.15) is 0 Å². The van der Waals surface area contributed by atoms with Gasteiger partial charge in [-0.15, -0.1) is 0 Å². The van der Waals surface area contributed by atoms with Crippen molar-refractivity contribution in [3.63, 3.8) is 0 Å². The fourth-order valence-corrected chi connectivity index (χ4v) is 2.09. The van der Waals surface area contributed by atoms with Crippen LogP contribution in [-0.2, 0) is 4.74 Å². The van der Waals surface area contributed by atoms with E-state index < -0.39 is 0 Å². The predicted octanol–water partition coefficient (Wildman–Crippen LogP) is 3.91. The molecule has 1 aliphatic rings. The quantitative estimate of drug-likeness (QED) is 0.629. The molecule has 0 aliphatic heterocycles. The first-order valence-corrected chi connectivity index (χ1v) is 5.98. The summed E-state index contributed by atoms with van der Waals surface area (Å²) < 4.78 is 5.99. The maximum Gasteiger partial charge on any atom is 0.0578 e. The molecule has 0 radical (unpaired) electrons. The van der Waals surface area contributed by atoms with Gasteiger partial charge in [-0.05, 0) is 26.2 Å². The maximum absolute atomic E-state index is 5.99. The predicted molar refractivity (Wildman–Crippen MR) is 56.9 cm³/mol. The fourth-order valence-electron chi connectivity index (χ4n) is 2.09. The summed E-state index contributed by atoms with van der Waals surface area (Å²) in [4.78, 5) is 0. The Hall–Kier alpha value is -0.0400. The largest absolute Gasteiger partial charge is 0.375 e. The summed E-state index contributed by atoms with van der Waals surface area (Å²) in [5.41, 5.74) is 0. The second-order valence-corrected chi connectivity index (χ2v) is 4.35. The monoisotopic (exact) mass is 184 g/mol. The van der Waals surface area contributed by atoms with Crippen LogP contribution in [0.1, 0.15) is 65.2 Å². The second kappa shape index (κ2) is 6.42. The van der Waals surface area contributed by atoms with Crippen molar-refractivity contribution in [2.75, 3.05) is 0 Å². The Balaban J connectivity index is 2.07. The van der Waals surface area contributed by atoms with Gasteiger partial charge in [0.15, 0.2) is 0 Å². The van der Waals surface area contributed by atoms with E-state index >= 15 is 0 Å². The van der Waals surface area contributed by atoms with Crippen LogP contribution in [0.2, 0.25) is 0 Å². The third-order valence-corrected chi connectivity index (χ3v) is 2.94. The van der Waals surface area contributed by atoms with E-state index in [1.165, 1.54) is 51.4 Å². The highest BCUT2D eigenvalue weighted by molar-refractivity contribution is 4.66. The van der Waals surface area contributed by atoms with Crippen LogP contribution in [0.4, 0.5) is 0 Å². The Kier molecular flexibility index (Phi) is 5.45. The minimum Gasteiger partial charge on any atom is -0.375 e.